The van der Waals surface area contributed by atoms with Crippen molar-refractivity contribution in [3.8, 4) is 28.7 Å². The number of halogens is 2. The Bertz CT molecular complexity index is 1320. The monoisotopic (exact) mass is 499 g/mol. The number of nitrogens with zero attached hydrogens (tertiary/aromatic N) is 3. The van der Waals surface area contributed by atoms with Crippen molar-refractivity contribution >= 4 is 11.5 Å². The molecule has 1 aliphatic heterocycles. The summed E-state index contributed by atoms with van der Waals surface area (Å²) in [4.78, 5) is 12.8. The average molecular weight is 500 g/mol. The van der Waals surface area contributed by atoms with Crippen LogP contribution in [-0.2, 0) is 14.9 Å². The maximum absolute atomic E-state index is 13.3. The Kier molecular flexibility index (Phi) is 6.87. The molecule has 0 spiro atoms. The van der Waals surface area contributed by atoms with Gasteiger partial charge in [0, 0.05) is 25.0 Å². The number of hydrogen-bond acceptors (Lipinski definition) is 7. The van der Waals surface area contributed by atoms with Crippen LogP contribution in [0.2, 0.25) is 0 Å². The molecule has 1 aliphatic rings. The van der Waals surface area contributed by atoms with Gasteiger partial charge < -0.3 is 18.9 Å². The molecule has 0 amide bonds. The molecular weight excluding hydrogens is 472 g/mol. The van der Waals surface area contributed by atoms with Crippen LogP contribution in [0.1, 0.15) is 49.5 Å². The molecule has 1 aromatic carbocycles. The summed E-state index contributed by atoms with van der Waals surface area (Å²) in [5.74, 6) is -1.18. The van der Waals surface area contributed by atoms with E-state index < -0.39 is 23.6 Å². The van der Waals surface area contributed by atoms with Crippen molar-refractivity contribution in [1.82, 2.24) is 9.61 Å². The summed E-state index contributed by atoms with van der Waals surface area (Å²) >= 11 is 0. The van der Waals surface area contributed by atoms with E-state index in [1.807, 2.05) is 12.1 Å². The minimum Gasteiger partial charge on any atom is -0.496 e. The lowest BCUT2D eigenvalue weighted by Crippen LogP contribution is -2.32. The molecule has 8 nitrogen and oxygen atoms in total. The summed E-state index contributed by atoms with van der Waals surface area (Å²) < 4.78 is 49.1. The molecule has 0 aliphatic carbocycles. The van der Waals surface area contributed by atoms with Gasteiger partial charge in [0.2, 0.25) is 0 Å². The highest BCUT2D eigenvalue weighted by Crippen LogP contribution is 2.39. The Balaban J connectivity index is 1.80. The minimum atomic E-state index is -3.17. The Morgan fingerprint density at radius 3 is 2.53 bits per heavy atom. The number of pyridine rings is 1. The number of methoxy groups -OCH3 is 1. The average Bonchev–Trinajstić information content (AvgIpc) is 3.25. The predicted octanol–water partition coefficient (Wildman–Crippen LogP) is 5.14. The lowest BCUT2D eigenvalue weighted by Gasteiger charge is -2.30. The van der Waals surface area contributed by atoms with Gasteiger partial charge in [0.1, 0.15) is 22.7 Å². The standard InChI is InChI=1S/C26H27F2N3O5/c1-25(2,3)36-23(32)22-20(33-4)11-16(12-21(22)35-24(27)28)18-13-30-31-14-17(5-6-19(18)31)26(15-29)7-9-34-10-8-26/h5-6,11-14,24H,7-10H2,1-4H3. The maximum atomic E-state index is 13.3. The van der Waals surface area contributed by atoms with Crippen LogP contribution in [-0.4, -0.2) is 48.1 Å². The number of esters is 1. The minimum absolute atomic E-state index is 0.0269. The van der Waals surface area contributed by atoms with E-state index in [1.165, 1.54) is 13.2 Å². The van der Waals surface area contributed by atoms with Crippen molar-refractivity contribution in [3.63, 3.8) is 0 Å². The van der Waals surface area contributed by atoms with Gasteiger partial charge >= 0.3 is 12.6 Å². The summed E-state index contributed by atoms with van der Waals surface area (Å²) in [6, 6.07) is 9.04. The lowest BCUT2D eigenvalue weighted by atomic mass is 9.76. The van der Waals surface area contributed by atoms with E-state index >= 15 is 0 Å². The Hall–Kier alpha value is -3.71. The van der Waals surface area contributed by atoms with Gasteiger partial charge in [-0.2, -0.15) is 19.1 Å². The summed E-state index contributed by atoms with van der Waals surface area (Å²) in [5, 5.41) is 14.3. The van der Waals surface area contributed by atoms with E-state index in [-0.39, 0.29) is 17.1 Å². The topological polar surface area (TPSA) is 95.1 Å². The largest absolute Gasteiger partial charge is 0.496 e. The summed E-state index contributed by atoms with van der Waals surface area (Å²) in [5.41, 5.74) is 0.824. The molecule has 36 heavy (non-hydrogen) atoms. The number of fused-ring (bicyclic) bond motifs is 1. The van der Waals surface area contributed by atoms with Crippen LogP contribution in [0.15, 0.2) is 36.7 Å². The molecule has 1 fully saturated rings. The van der Waals surface area contributed by atoms with Gasteiger partial charge in [-0.1, -0.05) is 6.07 Å². The van der Waals surface area contributed by atoms with Crippen LogP contribution in [0.5, 0.6) is 11.5 Å². The maximum Gasteiger partial charge on any atom is 0.387 e. The van der Waals surface area contributed by atoms with Gasteiger partial charge in [-0.3, -0.25) is 0 Å². The number of nitriles is 1. The molecule has 0 saturated carbocycles. The van der Waals surface area contributed by atoms with Gasteiger partial charge in [-0.25, -0.2) is 9.31 Å². The van der Waals surface area contributed by atoms with Crippen LogP contribution in [0.3, 0.4) is 0 Å². The van der Waals surface area contributed by atoms with Crippen LogP contribution in [0.4, 0.5) is 8.78 Å². The smallest absolute Gasteiger partial charge is 0.387 e. The van der Waals surface area contributed by atoms with Crippen molar-refractivity contribution < 1.29 is 32.5 Å². The predicted molar refractivity (Wildman–Crippen MR) is 126 cm³/mol. The first-order valence-electron chi connectivity index (χ1n) is 11.4. The van der Waals surface area contributed by atoms with Gasteiger partial charge in [0.05, 0.1) is 30.3 Å². The van der Waals surface area contributed by atoms with Crippen molar-refractivity contribution in [2.24, 2.45) is 0 Å². The van der Waals surface area contributed by atoms with Crippen LogP contribution >= 0.6 is 0 Å². The van der Waals surface area contributed by atoms with Gasteiger partial charge in [0.15, 0.2) is 0 Å². The van der Waals surface area contributed by atoms with Crippen molar-refractivity contribution in [2.45, 2.75) is 51.2 Å². The van der Waals surface area contributed by atoms with E-state index in [4.69, 9.17) is 18.9 Å². The number of alkyl halides is 2. The summed E-state index contributed by atoms with van der Waals surface area (Å²) in [6.07, 6.45) is 4.55. The number of rotatable bonds is 6. The lowest BCUT2D eigenvalue weighted by molar-refractivity contribution is -0.0509. The first-order chi connectivity index (χ1) is 17.1. The highest BCUT2D eigenvalue weighted by Gasteiger charge is 2.35. The fourth-order valence-corrected chi connectivity index (χ4v) is 4.30. The molecule has 0 N–H and O–H groups in total. The molecule has 0 radical (unpaired) electrons. The highest BCUT2D eigenvalue weighted by atomic mass is 19.3. The quantitative estimate of drug-likeness (QED) is 0.434. The Labute approximate surface area is 207 Å². The SMILES string of the molecule is COc1cc(-c2cnn3cc(C4(C#N)CCOCC4)ccc23)cc(OC(F)F)c1C(=O)OC(C)(C)C. The van der Waals surface area contributed by atoms with Crippen LogP contribution in [0, 0.1) is 11.3 Å². The van der Waals surface area contributed by atoms with E-state index in [0.717, 1.165) is 5.56 Å². The summed E-state index contributed by atoms with van der Waals surface area (Å²) in [7, 11) is 1.33. The zero-order valence-corrected chi connectivity index (χ0v) is 20.5. The van der Waals surface area contributed by atoms with Crippen LogP contribution < -0.4 is 9.47 Å². The molecule has 0 bridgehead atoms. The molecule has 0 unspecified atom stereocenters. The number of aromatic nitrogens is 2. The fourth-order valence-electron chi connectivity index (χ4n) is 4.30. The van der Waals surface area contributed by atoms with E-state index in [9.17, 15) is 18.8 Å². The molecule has 3 heterocycles. The first kappa shape index (κ1) is 25.4. The van der Waals surface area contributed by atoms with E-state index in [2.05, 4.69) is 11.2 Å². The fraction of sp³-hybridized carbons (Fsp3) is 0.423. The molecule has 2 aromatic heterocycles. The van der Waals surface area contributed by atoms with Crippen LogP contribution in [0.25, 0.3) is 16.6 Å². The zero-order valence-electron chi connectivity index (χ0n) is 20.5. The van der Waals surface area contributed by atoms with Gasteiger partial charge in [-0.15, -0.1) is 0 Å². The number of ether oxygens (including phenoxy) is 4. The number of carbonyl (C=O) groups excluding carboxylic acids is 1. The third kappa shape index (κ3) is 4.97. The third-order valence-electron chi connectivity index (χ3n) is 6.05. The van der Waals surface area contributed by atoms with Crippen molar-refractivity contribution in [3.05, 3.63) is 47.8 Å². The second-order valence-corrected chi connectivity index (χ2v) is 9.54. The molecule has 10 heteroatoms. The number of carbonyl (C=O) groups is 1. The van der Waals surface area contributed by atoms with E-state index in [1.54, 1.807) is 43.7 Å². The Morgan fingerprint density at radius 1 is 1.22 bits per heavy atom. The molecule has 1 saturated heterocycles. The molecule has 4 rings (SSSR count). The highest BCUT2D eigenvalue weighted by molar-refractivity contribution is 5.98. The second kappa shape index (κ2) is 9.74. The van der Waals surface area contributed by atoms with E-state index in [0.29, 0.717) is 42.7 Å². The first-order valence-corrected chi connectivity index (χ1v) is 11.4. The molecule has 3 aromatic rings. The molecule has 0 atom stereocenters. The van der Waals surface area contributed by atoms with Crippen molar-refractivity contribution in [2.75, 3.05) is 20.3 Å². The normalized spacial score (nSPS) is 15.5. The zero-order chi connectivity index (χ0) is 26.1. The molecular formula is C26H27F2N3O5. The summed E-state index contributed by atoms with van der Waals surface area (Å²) in [6.45, 7) is 2.86. The van der Waals surface area contributed by atoms with Crippen molar-refractivity contribution in [1.29, 1.82) is 5.26 Å². The second-order valence-electron chi connectivity index (χ2n) is 9.54. The van der Waals surface area contributed by atoms with Gasteiger partial charge in [0.25, 0.3) is 0 Å². The molecule has 190 valence electrons. The third-order valence-corrected chi connectivity index (χ3v) is 6.05. The number of benzene rings is 1. The Morgan fingerprint density at radius 2 is 1.92 bits per heavy atom. The van der Waals surface area contributed by atoms with Gasteiger partial charge in [-0.05, 0) is 62.9 Å². The number of hydrogen-bond donors (Lipinski definition) is 0.